The second kappa shape index (κ2) is 4.52. The zero-order valence-corrected chi connectivity index (χ0v) is 10.5. The molecule has 0 aromatic heterocycles. The molecular weight excluding hydrogens is 226 g/mol. The van der Waals surface area contributed by atoms with Crippen molar-refractivity contribution >= 4 is 5.91 Å². The van der Waals surface area contributed by atoms with Crippen LogP contribution in [0.4, 0.5) is 8.78 Å². The second-order valence-corrected chi connectivity index (χ2v) is 5.43. The third-order valence-electron chi connectivity index (χ3n) is 3.70. The van der Waals surface area contributed by atoms with Gasteiger partial charge < -0.3 is 4.90 Å². The van der Waals surface area contributed by atoms with Crippen molar-refractivity contribution in [3.8, 4) is 0 Å². The van der Waals surface area contributed by atoms with Crippen molar-refractivity contribution < 1.29 is 13.6 Å². The molecule has 1 aliphatic heterocycles. The Bertz CT molecular complexity index is 291. The molecule has 0 radical (unpaired) electrons. The summed E-state index contributed by atoms with van der Waals surface area (Å²) in [4.78, 5) is 15.7. The molecule has 1 heterocycles. The average molecular weight is 246 g/mol. The molecule has 5 heteroatoms. The summed E-state index contributed by atoms with van der Waals surface area (Å²) in [5.74, 6) is -2.26. The van der Waals surface area contributed by atoms with Crippen LogP contribution >= 0.6 is 0 Å². The third-order valence-corrected chi connectivity index (χ3v) is 3.70. The first-order valence-electron chi connectivity index (χ1n) is 6.30. The molecule has 0 unspecified atom stereocenters. The van der Waals surface area contributed by atoms with E-state index in [1.165, 1.54) is 0 Å². The van der Waals surface area contributed by atoms with Gasteiger partial charge in [0.2, 0.25) is 5.91 Å². The van der Waals surface area contributed by atoms with Gasteiger partial charge in [-0.05, 0) is 0 Å². The van der Waals surface area contributed by atoms with Crippen LogP contribution in [0.25, 0.3) is 0 Å². The molecule has 2 rings (SSSR count). The van der Waals surface area contributed by atoms with Crippen LogP contribution in [0.2, 0.25) is 0 Å². The molecule has 0 atom stereocenters. The molecule has 2 aliphatic rings. The lowest BCUT2D eigenvalue weighted by atomic mass is 9.86. The lowest BCUT2D eigenvalue weighted by Crippen LogP contribution is -2.58. The van der Waals surface area contributed by atoms with Crippen molar-refractivity contribution in [1.82, 2.24) is 9.80 Å². The Balaban J connectivity index is 1.77. The molecule has 3 nitrogen and oxygen atoms in total. The number of rotatable bonds is 2. The summed E-state index contributed by atoms with van der Waals surface area (Å²) in [5, 5.41) is 0. The van der Waals surface area contributed by atoms with E-state index in [-0.39, 0.29) is 30.7 Å². The number of carbonyl (C=O) groups excluding carboxylic acids is 1. The monoisotopic (exact) mass is 246 g/mol. The van der Waals surface area contributed by atoms with Crippen LogP contribution < -0.4 is 0 Å². The Morgan fingerprint density at radius 3 is 2.12 bits per heavy atom. The van der Waals surface area contributed by atoms with E-state index in [4.69, 9.17) is 0 Å². The number of halogens is 2. The van der Waals surface area contributed by atoms with Crippen molar-refractivity contribution in [2.75, 3.05) is 26.2 Å². The van der Waals surface area contributed by atoms with Gasteiger partial charge in [-0.25, -0.2) is 8.78 Å². The first-order valence-corrected chi connectivity index (χ1v) is 6.30. The largest absolute Gasteiger partial charge is 0.340 e. The minimum absolute atomic E-state index is 0.00880. The van der Waals surface area contributed by atoms with Crippen molar-refractivity contribution in [1.29, 1.82) is 0 Å². The number of hydrogen-bond donors (Lipinski definition) is 0. The van der Waals surface area contributed by atoms with Crippen LogP contribution in [0.5, 0.6) is 0 Å². The Morgan fingerprint density at radius 1 is 1.18 bits per heavy atom. The SMILES string of the molecule is CC(C)C(=O)N1CCN(C2CC(F)(F)C2)CC1. The maximum atomic E-state index is 12.8. The van der Waals surface area contributed by atoms with E-state index >= 15 is 0 Å². The maximum Gasteiger partial charge on any atom is 0.251 e. The quantitative estimate of drug-likeness (QED) is 0.738. The molecule has 17 heavy (non-hydrogen) atoms. The Kier molecular flexibility index (Phi) is 3.39. The summed E-state index contributed by atoms with van der Waals surface area (Å²) in [6.45, 7) is 6.61. The molecule has 98 valence electrons. The van der Waals surface area contributed by atoms with Crippen LogP contribution in [-0.2, 0) is 4.79 Å². The normalized spacial score (nSPS) is 26.1. The number of carbonyl (C=O) groups is 1. The van der Waals surface area contributed by atoms with E-state index < -0.39 is 5.92 Å². The summed E-state index contributed by atoms with van der Waals surface area (Å²) in [6.07, 6.45) is -0.0176. The number of piperazine rings is 1. The van der Waals surface area contributed by atoms with E-state index in [9.17, 15) is 13.6 Å². The van der Waals surface area contributed by atoms with E-state index in [2.05, 4.69) is 4.90 Å². The van der Waals surface area contributed by atoms with Crippen LogP contribution in [0.1, 0.15) is 26.7 Å². The van der Waals surface area contributed by atoms with Gasteiger partial charge in [-0.15, -0.1) is 0 Å². The van der Waals surface area contributed by atoms with E-state index in [1.807, 2.05) is 18.7 Å². The van der Waals surface area contributed by atoms with Crippen LogP contribution in [0.15, 0.2) is 0 Å². The van der Waals surface area contributed by atoms with Gasteiger partial charge in [0.05, 0.1) is 0 Å². The number of amides is 1. The number of hydrogen-bond acceptors (Lipinski definition) is 2. The number of alkyl halides is 2. The minimum Gasteiger partial charge on any atom is -0.340 e. The Hall–Kier alpha value is -0.710. The molecule has 0 N–H and O–H groups in total. The fraction of sp³-hybridized carbons (Fsp3) is 0.917. The van der Waals surface area contributed by atoms with Gasteiger partial charge in [-0.3, -0.25) is 9.69 Å². The zero-order chi connectivity index (χ0) is 12.6. The highest BCUT2D eigenvalue weighted by Gasteiger charge is 2.48. The van der Waals surface area contributed by atoms with Gasteiger partial charge >= 0.3 is 0 Å². The minimum atomic E-state index is -2.45. The van der Waals surface area contributed by atoms with Crippen LogP contribution in [0.3, 0.4) is 0 Å². The molecule has 0 aromatic rings. The first kappa shape index (κ1) is 12.7. The van der Waals surface area contributed by atoms with Crippen LogP contribution in [0, 0.1) is 5.92 Å². The van der Waals surface area contributed by atoms with Gasteiger partial charge in [-0.2, -0.15) is 0 Å². The Labute approximate surface area is 101 Å². The van der Waals surface area contributed by atoms with Gasteiger partial charge in [0.15, 0.2) is 0 Å². The molecule has 1 saturated carbocycles. The topological polar surface area (TPSA) is 23.6 Å². The smallest absolute Gasteiger partial charge is 0.251 e. The summed E-state index contributed by atoms with van der Waals surface area (Å²) in [7, 11) is 0. The van der Waals surface area contributed by atoms with Crippen molar-refractivity contribution in [2.45, 2.75) is 38.7 Å². The zero-order valence-electron chi connectivity index (χ0n) is 10.5. The van der Waals surface area contributed by atoms with Gasteiger partial charge in [0, 0.05) is 51.0 Å². The van der Waals surface area contributed by atoms with Crippen molar-refractivity contribution in [3.63, 3.8) is 0 Å². The van der Waals surface area contributed by atoms with E-state index in [0.717, 1.165) is 13.1 Å². The maximum absolute atomic E-state index is 12.8. The predicted octanol–water partition coefficient (Wildman–Crippen LogP) is 1.58. The molecule has 0 spiro atoms. The summed E-state index contributed by atoms with van der Waals surface area (Å²) >= 11 is 0. The summed E-state index contributed by atoms with van der Waals surface area (Å²) in [5.41, 5.74) is 0. The fourth-order valence-electron chi connectivity index (χ4n) is 2.56. The third kappa shape index (κ3) is 2.76. The van der Waals surface area contributed by atoms with Gasteiger partial charge in [0.1, 0.15) is 0 Å². The standard InChI is InChI=1S/C12H20F2N2O/c1-9(2)11(17)16-5-3-15(4-6-16)10-7-12(13,14)8-10/h9-10H,3-8H2,1-2H3. The molecule has 1 aliphatic carbocycles. The van der Waals surface area contributed by atoms with Crippen molar-refractivity contribution in [3.05, 3.63) is 0 Å². The fourth-order valence-corrected chi connectivity index (χ4v) is 2.56. The van der Waals surface area contributed by atoms with Crippen molar-refractivity contribution in [2.24, 2.45) is 5.92 Å². The van der Waals surface area contributed by atoms with E-state index in [0.29, 0.717) is 13.1 Å². The molecule has 0 aromatic carbocycles. The second-order valence-electron chi connectivity index (χ2n) is 5.43. The highest BCUT2D eigenvalue weighted by Crippen LogP contribution is 2.40. The summed E-state index contributed by atoms with van der Waals surface area (Å²) in [6, 6.07) is 0.0290. The molecular formula is C12H20F2N2O. The van der Waals surface area contributed by atoms with E-state index in [1.54, 1.807) is 0 Å². The lowest BCUT2D eigenvalue weighted by molar-refractivity contribution is -0.144. The molecule has 0 bridgehead atoms. The van der Waals surface area contributed by atoms with Gasteiger partial charge in [0.25, 0.3) is 5.92 Å². The van der Waals surface area contributed by atoms with Gasteiger partial charge in [-0.1, -0.05) is 13.8 Å². The van der Waals surface area contributed by atoms with Crippen LogP contribution in [-0.4, -0.2) is 53.9 Å². The molecule has 1 amide bonds. The highest BCUT2D eigenvalue weighted by molar-refractivity contribution is 5.78. The first-order chi connectivity index (χ1) is 7.89. The lowest BCUT2D eigenvalue weighted by Gasteiger charge is -2.46. The highest BCUT2D eigenvalue weighted by atomic mass is 19.3. The summed E-state index contributed by atoms with van der Waals surface area (Å²) < 4.78 is 25.5. The molecule has 2 fully saturated rings. The Morgan fingerprint density at radius 2 is 1.71 bits per heavy atom. The molecule has 1 saturated heterocycles. The predicted molar refractivity (Wildman–Crippen MR) is 61.0 cm³/mol. The number of nitrogens with zero attached hydrogens (tertiary/aromatic N) is 2. The average Bonchev–Trinajstić information content (AvgIpc) is 2.25.